The topological polar surface area (TPSA) is 170 Å². The zero-order chi connectivity index (χ0) is 26.1. The van der Waals surface area contributed by atoms with Crippen LogP contribution < -0.4 is 10.6 Å². The predicted molar refractivity (Wildman–Crippen MR) is 125 cm³/mol. The van der Waals surface area contributed by atoms with Gasteiger partial charge in [0.25, 0.3) is 0 Å². The summed E-state index contributed by atoms with van der Waals surface area (Å²) in [6.07, 6.45) is 1.04. The van der Waals surface area contributed by atoms with Crippen molar-refractivity contribution in [1.29, 1.82) is 0 Å². The molecule has 4 N–H and O–H groups in total. The van der Waals surface area contributed by atoms with E-state index in [0.717, 1.165) is 0 Å². The lowest BCUT2D eigenvalue weighted by Crippen LogP contribution is -2.63. The zero-order valence-corrected chi connectivity index (χ0v) is 22.7. The molecular weight excluding hydrogens is 484 g/mol. The third-order valence-electron chi connectivity index (χ3n) is 6.66. The summed E-state index contributed by atoms with van der Waals surface area (Å²) >= 11 is 0. The standard InChI is InChI=1S/C20H38N2O10Si2/c1-29-33(5,30-2)11-7-9-21-17(23)13-15(19(25)26)14(16(13)20(27)28)18(24)22-10-8-12-34(6,31-3)32-4/h13-16H,7-12H2,1-6H3,(H,21,23)(H,22,24)(H,25,26)(H,27,28). The molecule has 1 aliphatic rings. The van der Waals surface area contributed by atoms with Gasteiger partial charge in [0, 0.05) is 41.5 Å². The Morgan fingerprint density at radius 2 is 0.941 bits per heavy atom. The third-order valence-corrected chi connectivity index (χ3v) is 12.6. The average molecular weight is 523 g/mol. The Balaban J connectivity index is 2.74. The maximum Gasteiger partial charge on any atom is 0.334 e. The van der Waals surface area contributed by atoms with E-state index in [1.165, 1.54) is 0 Å². The first-order chi connectivity index (χ1) is 15.9. The van der Waals surface area contributed by atoms with Crippen LogP contribution in [0.5, 0.6) is 0 Å². The van der Waals surface area contributed by atoms with Gasteiger partial charge in [0.2, 0.25) is 11.8 Å². The van der Waals surface area contributed by atoms with Crippen LogP contribution in [0.2, 0.25) is 25.2 Å². The molecule has 14 heteroatoms. The first-order valence-corrected chi connectivity index (χ1v) is 16.2. The van der Waals surface area contributed by atoms with Crippen molar-refractivity contribution >= 4 is 40.9 Å². The van der Waals surface area contributed by atoms with Gasteiger partial charge >= 0.3 is 29.1 Å². The minimum Gasteiger partial charge on any atom is -0.481 e. The molecule has 0 unspecified atom stereocenters. The lowest BCUT2D eigenvalue weighted by molar-refractivity contribution is -0.181. The van der Waals surface area contributed by atoms with Crippen molar-refractivity contribution in [3.8, 4) is 0 Å². The molecule has 0 atom stereocenters. The number of carbonyl (C=O) groups is 4. The van der Waals surface area contributed by atoms with Gasteiger partial charge < -0.3 is 38.6 Å². The quantitative estimate of drug-likeness (QED) is 0.164. The van der Waals surface area contributed by atoms with Gasteiger partial charge in [-0.15, -0.1) is 0 Å². The first kappa shape index (κ1) is 30.2. The van der Waals surface area contributed by atoms with E-state index in [4.69, 9.17) is 17.7 Å². The van der Waals surface area contributed by atoms with Crippen LogP contribution in [-0.2, 0) is 36.9 Å². The van der Waals surface area contributed by atoms with Gasteiger partial charge in [-0.05, 0) is 38.0 Å². The van der Waals surface area contributed by atoms with E-state index in [-0.39, 0.29) is 13.1 Å². The van der Waals surface area contributed by atoms with Crippen molar-refractivity contribution < 1.29 is 47.1 Å². The van der Waals surface area contributed by atoms with E-state index in [0.29, 0.717) is 24.9 Å². The van der Waals surface area contributed by atoms with Gasteiger partial charge in [-0.2, -0.15) is 0 Å². The number of carboxylic acid groups (broad SMARTS) is 2. The third kappa shape index (κ3) is 7.58. The summed E-state index contributed by atoms with van der Waals surface area (Å²) in [4.78, 5) is 49.1. The normalized spacial score (nSPS) is 22.5. The second kappa shape index (κ2) is 13.3. The molecule has 0 saturated heterocycles. The van der Waals surface area contributed by atoms with Crippen molar-refractivity contribution in [2.75, 3.05) is 41.5 Å². The van der Waals surface area contributed by atoms with Gasteiger partial charge in [0.15, 0.2) is 0 Å². The minimum absolute atomic E-state index is 0.210. The summed E-state index contributed by atoms with van der Waals surface area (Å²) in [6, 6.07) is 1.18. The molecule has 12 nitrogen and oxygen atoms in total. The summed E-state index contributed by atoms with van der Waals surface area (Å²) in [5.41, 5.74) is 0. The molecule has 0 aromatic rings. The highest BCUT2D eigenvalue weighted by atomic mass is 28.4. The summed E-state index contributed by atoms with van der Waals surface area (Å²) in [6.45, 7) is 4.17. The Bertz CT molecular complexity index is 662. The monoisotopic (exact) mass is 522 g/mol. The SMILES string of the molecule is CO[Si](C)(CCCNC(=O)C1C(C(=O)O)C(C(=O)NCCC[Si](C)(OC)OC)C1C(=O)O)OC. The number of aliphatic carboxylic acids is 2. The van der Waals surface area contributed by atoms with E-state index < -0.39 is 64.5 Å². The van der Waals surface area contributed by atoms with Crippen LogP contribution >= 0.6 is 0 Å². The second-order valence-corrected chi connectivity index (χ2v) is 15.8. The fourth-order valence-electron chi connectivity index (χ4n) is 4.07. The van der Waals surface area contributed by atoms with Crippen molar-refractivity contribution in [2.24, 2.45) is 23.7 Å². The van der Waals surface area contributed by atoms with Crippen molar-refractivity contribution in [3.63, 3.8) is 0 Å². The molecule has 0 heterocycles. The number of hydrogen-bond acceptors (Lipinski definition) is 8. The fraction of sp³-hybridized carbons (Fsp3) is 0.800. The Morgan fingerprint density at radius 1 is 0.647 bits per heavy atom. The minimum atomic E-state index is -2.32. The number of carbonyl (C=O) groups excluding carboxylic acids is 2. The number of amides is 2. The Morgan fingerprint density at radius 3 is 1.18 bits per heavy atom. The molecule has 0 spiro atoms. The highest BCUT2D eigenvalue weighted by Gasteiger charge is 2.63. The molecule has 0 aromatic heterocycles. The summed E-state index contributed by atoms with van der Waals surface area (Å²) < 4.78 is 21.5. The number of rotatable bonds is 16. The summed E-state index contributed by atoms with van der Waals surface area (Å²) in [5, 5.41) is 24.5. The molecule has 1 rings (SSSR count). The smallest absolute Gasteiger partial charge is 0.334 e. The van der Waals surface area contributed by atoms with Crippen LogP contribution in [0.3, 0.4) is 0 Å². The molecule has 0 radical (unpaired) electrons. The Kier molecular flexibility index (Phi) is 11.8. The van der Waals surface area contributed by atoms with Crippen molar-refractivity contribution in [1.82, 2.24) is 10.6 Å². The summed E-state index contributed by atoms with van der Waals surface area (Å²) in [5.74, 6) is -9.65. The lowest BCUT2D eigenvalue weighted by Gasteiger charge is -2.45. The van der Waals surface area contributed by atoms with Crippen LogP contribution in [0.15, 0.2) is 0 Å². The molecule has 34 heavy (non-hydrogen) atoms. The van der Waals surface area contributed by atoms with Gasteiger partial charge in [-0.3, -0.25) is 19.2 Å². The predicted octanol–water partition coefficient (Wildman–Crippen LogP) is 0.376. The molecule has 1 saturated carbocycles. The van der Waals surface area contributed by atoms with Crippen molar-refractivity contribution in [2.45, 2.75) is 38.0 Å². The molecule has 2 amide bonds. The fourth-order valence-corrected chi connectivity index (χ4v) is 6.86. The average Bonchev–Trinajstić information content (AvgIpc) is 2.78. The molecule has 0 aliphatic heterocycles. The van der Waals surface area contributed by atoms with Gasteiger partial charge in [0.05, 0.1) is 23.7 Å². The Labute approximate surface area is 202 Å². The number of hydrogen-bond donors (Lipinski definition) is 4. The maximum absolute atomic E-state index is 12.7. The van der Waals surface area contributed by atoms with Crippen LogP contribution in [0, 0.1) is 23.7 Å². The van der Waals surface area contributed by atoms with E-state index in [1.54, 1.807) is 28.4 Å². The lowest BCUT2D eigenvalue weighted by atomic mass is 9.55. The number of carboxylic acids is 2. The molecule has 1 fully saturated rings. The Hall–Kier alpha value is -1.85. The van der Waals surface area contributed by atoms with Crippen LogP contribution in [0.25, 0.3) is 0 Å². The highest BCUT2D eigenvalue weighted by Crippen LogP contribution is 2.47. The largest absolute Gasteiger partial charge is 0.481 e. The second-order valence-electron chi connectivity index (χ2n) is 8.65. The molecule has 0 aromatic carbocycles. The molecular formula is C20H38N2O10Si2. The highest BCUT2D eigenvalue weighted by molar-refractivity contribution is 6.66. The number of nitrogens with one attached hydrogen (secondary N) is 2. The van der Waals surface area contributed by atoms with E-state index in [9.17, 15) is 29.4 Å². The van der Waals surface area contributed by atoms with Gasteiger partial charge in [-0.25, -0.2) is 0 Å². The van der Waals surface area contributed by atoms with Crippen LogP contribution in [0.4, 0.5) is 0 Å². The van der Waals surface area contributed by atoms with E-state index >= 15 is 0 Å². The first-order valence-electron chi connectivity index (χ1n) is 11.1. The van der Waals surface area contributed by atoms with Gasteiger partial charge in [-0.1, -0.05) is 0 Å². The maximum atomic E-state index is 12.7. The summed E-state index contributed by atoms with van der Waals surface area (Å²) in [7, 11) is 1.58. The van der Waals surface area contributed by atoms with Crippen LogP contribution in [0.1, 0.15) is 12.8 Å². The van der Waals surface area contributed by atoms with E-state index in [1.807, 2.05) is 13.1 Å². The molecule has 1 aliphatic carbocycles. The zero-order valence-electron chi connectivity index (χ0n) is 20.7. The molecule has 0 bridgehead atoms. The van der Waals surface area contributed by atoms with E-state index in [2.05, 4.69) is 10.6 Å². The van der Waals surface area contributed by atoms with Gasteiger partial charge in [0.1, 0.15) is 0 Å². The van der Waals surface area contributed by atoms with Crippen molar-refractivity contribution in [3.05, 3.63) is 0 Å². The van der Waals surface area contributed by atoms with Crippen LogP contribution in [-0.4, -0.2) is 92.6 Å². The molecule has 196 valence electrons.